The summed E-state index contributed by atoms with van der Waals surface area (Å²) in [5, 5.41) is 5.85. The molecule has 1 aliphatic carbocycles. The van der Waals surface area contributed by atoms with Gasteiger partial charge in [-0.2, -0.15) is 0 Å². The number of amides is 2. The summed E-state index contributed by atoms with van der Waals surface area (Å²) in [5.74, 6) is 0.582. The van der Waals surface area contributed by atoms with Gasteiger partial charge in [0.15, 0.2) is 0 Å². The summed E-state index contributed by atoms with van der Waals surface area (Å²) in [6, 6.07) is 8.11. The zero-order chi connectivity index (χ0) is 18.6. The Morgan fingerprint density at radius 2 is 1.96 bits per heavy atom. The minimum atomic E-state index is -0.540. The Balaban J connectivity index is 1.91. The summed E-state index contributed by atoms with van der Waals surface area (Å²) in [7, 11) is 1.46. The average molecular weight is 346 g/mol. The number of hydrogen-bond acceptors (Lipinski definition) is 3. The van der Waals surface area contributed by atoms with Crippen LogP contribution in [0.5, 0.6) is 0 Å². The van der Waals surface area contributed by atoms with Gasteiger partial charge in [0.25, 0.3) is 0 Å². The fourth-order valence-corrected chi connectivity index (χ4v) is 3.35. The molecule has 1 aromatic rings. The van der Waals surface area contributed by atoms with Crippen molar-refractivity contribution in [3.8, 4) is 0 Å². The van der Waals surface area contributed by atoms with Gasteiger partial charge in [0.1, 0.15) is 12.6 Å². The molecule has 1 aliphatic rings. The Hall–Kier alpha value is -1.88. The summed E-state index contributed by atoms with van der Waals surface area (Å²) in [4.78, 5) is 24.3. The highest BCUT2D eigenvalue weighted by molar-refractivity contribution is 5.88. The molecule has 138 valence electrons. The number of ether oxygens (including phenoxy) is 1. The number of carbonyl (C=O) groups is 2. The van der Waals surface area contributed by atoms with Gasteiger partial charge in [-0.05, 0) is 43.6 Å². The molecule has 0 bridgehead atoms. The van der Waals surface area contributed by atoms with E-state index in [0.29, 0.717) is 11.8 Å². The van der Waals surface area contributed by atoms with Gasteiger partial charge in [-0.15, -0.1) is 0 Å². The van der Waals surface area contributed by atoms with E-state index < -0.39 is 6.04 Å². The second kappa shape index (κ2) is 8.48. The van der Waals surface area contributed by atoms with Crippen molar-refractivity contribution in [1.82, 2.24) is 10.6 Å². The lowest BCUT2D eigenvalue weighted by Gasteiger charge is -2.24. The molecule has 0 saturated heterocycles. The molecule has 1 fully saturated rings. The van der Waals surface area contributed by atoms with Gasteiger partial charge in [-0.3, -0.25) is 9.59 Å². The first-order valence-corrected chi connectivity index (χ1v) is 8.98. The molecule has 1 aromatic carbocycles. The van der Waals surface area contributed by atoms with Crippen LogP contribution in [0.2, 0.25) is 0 Å². The molecule has 0 aliphatic heterocycles. The average Bonchev–Trinajstić information content (AvgIpc) is 3.33. The molecular formula is C20H30N2O3. The lowest BCUT2D eigenvalue weighted by molar-refractivity contribution is -0.132. The van der Waals surface area contributed by atoms with Crippen molar-refractivity contribution in [2.45, 2.75) is 52.1 Å². The van der Waals surface area contributed by atoms with Gasteiger partial charge in [0.05, 0.1) is 0 Å². The Bertz CT molecular complexity index is 615. The molecule has 5 heteroatoms. The summed E-state index contributed by atoms with van der Waals surface area (Å²) < 4.78 is 4.82. The Labute approximate surface area is 150 Å². The summed E-state index contributed by atoms with van der Waals surface area (Å²) in [6.45, 7) is 7.96. The van der Waals surface area contributed by atoms with Crippen LogP contribution in [0.3, 0.4) is 0 Å². The van der Waals surface area contributed by atoms with Gasteiger partial charge in [-0.1, -0.05) is 43.7 Å². The second-order valence-corrected chi connectivity index (χ2v) is 7.44. The normalized spacial score (nSPS) is 21.5. The van der Waals surface area contributed by atoms with Crippen molar-refractivity contribution in [3.05, 3.63) is 35.4 Å². The number of benzene rings is 1. The van der Waals surface area contributed by atoms with Crippen LogP contribution < -0.4 is 10.6 Å². The molecule has 25 heavy (non-hydrogen) atoms. The SMILES string of the molecule is COCC(=O)N[C@H](C(=O)NC(C)C1CC1c1cccc(C)c1)C(C)C. The second-order valence-electron chi connectivity index (χ2n) is 7.44. The van der Waals surface area contributed by atoms with E-state index in [4.69, 9.17) is 4.74 Å². The maximum Gasteiger partial charge on any atom is 0.246 e. The van der Waals surface area contributed by atoms with E-state index >= 15 is 0 Å². The fourth-order valence-electron chi connectivity index (χ4n) is 3.35. The van der Waals surface area contributed by atoms with Crippen molar-refractivity contribution in [2.24, 2.45) is 11.8 Å². The van der Waals surface area contributed by atoms with E-state index in [0.717, 1.165) is 6.42 Å². The van der Waals surface area contributed by atoms with Gasteiger partial charge in [0, 0.05) is 13.2 Å². The molecule has 4 atom stereocenters. The molecule has 2 N–H and O–H groups in total. The minimum Gasteiger partial charge on any atom is -0.375 e. The first kappa shape index (κ1) is 19.4. The van der Waals surface area contributed by atoms with E-state index in [1.807, 2.05) is 20.8 Å². The van der Waals surface area contributed by atoms with Gasteiger partial charge < -0.3 is 15.4 Å². The molecule has 2 rings (SSSR count). The maximum atomic E-state index is 12.6. The standard InChI is InChI=1S/C20H30N2O3/c1-12(2)19(22-18(23)11-25-5)20(24)21-14(4)16-10-17(16)15-8-6-7-13(3)9-15/h6-9,12,14,16-17,19H,10-11H2,1-5H3,(H,21,24)(H,22,23)/t14?,16?,17?,19-/m0/s1. The summed E-state index contributed by atoms with van der Waals surface area (Å²) >= 11 is 0. The number of nitrogens with one attached hydrogen (secondary N) is 2. The van der Waals surface area contributed by atoms with Gasteiger partial charge in [-0.25, -0.2) is 0 Å². The van der Waals surface area contributed by atoms with E-state index in [9.17, 15) is 9.59 Å². The molecular weight excluding hydrogens is 316 g/mol. The van der Waals surface area contributed by atoms with Gasteiger partial charge >= 0.3 is 0 Å². The molecule has 0 radical (unpaired) electrons. The number of methoxy groups -OCH3 is 1. The maximum absolute atomic E-state index is 12.6. The van der Waals surface area contributed by atoms with Crippen LogP contribution in [0.1, 0.15) is 44.2 Å². The highest BCUT2D eigenvalue weighted by atomic mass is 16.5. The van der Waals surface area contributed by atoms with Crippen molar-refractivity contribution in [2.75, 3.05) is 13.7 Å². The predicted octanol–water partition coefficient (Wildman–Crippen LogP) is 2.39. The van der Waals surface area contributed by atoms with Crippen LogP contribution in [0.25, 0.3) is 0 Å². The smallest absolute Gasteiger partial charge is 0.246 e. The highest BCUT2D eigenvalue weighted by Crippen LogP contribution is 2.49. The van der Waals surface area contributed by atoms with Crippen LogP contribution in [0.4, 0.5) is 0 Å². The summed E-state index contributed by atoms with van der Waals surface area (Å²) in [5.41, 5.74) is 2.61. The number of aryl methyl sites for hydroxylation is 1. The van der Waals surface area contributed by atoms with Crippen molar-refractivity contribution in [1.29, 1.82) is 0 Å². The third-order valence-electron chi connectivity index (χ3n) is 4.86. The van der Waals surface area contributed by atoms with E-state index in [2.05, 4.69) is 41.8 Å². The monoisotopic (exact) mass is 346 g/mol. The quantitative estimate of drug-likeness (QED) is 0.759. The Morgan fingerprint density at radius 1 is 1.24 bits per heavy atom. The van der Waals surface area contributed by atoms with Crippen molar-refractivity contribution < 1.29 is 14.3 Å². The van der Waals surface area contributed by atoms with Crippen LogP contribution in [-0.2, 0) is 14.3 Å². The molecule has 3 unspecified atom stereocenters. The van der Waals surface area contributed by atoms with Crippen LogP contribution in [-0.4, -0.2) is 37.6 Å². The largest absolute Gasteiger partial charge is 0.375 e. The van der Waals surface area contributed by atoms with Crippen molar-refractivity contribution in [3.63, 3.8) is 0 Å². The first-order chi connectivity index (χ1) is 11.8. The topological polar surface area (TPSA) is 67.4 Å². The van der Waals surface area contributed by atoms with E-state index in [1.165, 1.54) is 18.2 Å². The predicted molar refractivity (Wildman–Crippen MR) is 98.3 cm³/mol. The first-order valence-electron chi connectivity index (χ1n) is 8.98. The zero-order valence-electron chi connectivity index (χ0n) is 15.8. The molecule has 1 saturated carbocycles. The molecule has 5 nitrogen and oxygen atoms in total. The molecule has 0 heterocycles. The van der Waals surface area contributed by atoms with Crippen LogP contribution >= 0.6 is 0 Å². The molecule has 0 spiro atoms. The zero-order valence-corrected chi connectivity index (χ0v) is 15.8. The number of carbonyl (C=O) groups excluding carboxylic acids is 2. The number of rotatable bonds is 8. The fraction of sp³-hybridized carbons (Fsp3) is 0.600. The van der Waals surface area contributed by atoms with Gasteiger partial charge in [0.2, 0.25) is 11.8 Å². The van der Waals surface area contributed by atoms with Crippen LogP contribution in [0, 0.1) is 18.8 Å². The number of hydrogen-bond donors (Lipinski definition) is 2. The summed E-state index contributed by atoms with van der Waals surface area (Å²) in [6.07, 6.45) is 1.09. The molecule has 2 amide bonds. The Morgan fingerprint density at radius 3 is 2.56 bits per heavy atom. The molecule has 0 aromatic heterocycles. The van der Waals surface area contributed by atoms with Crippen molar-refractivity contribution >= 4 is 11.8 Å². The Kier molecular flexibility index (Phi) is 6.59. The minimum absolute atomic E-state index is 0.0137. The van der Waals surface area contributed by atoms with Crippen LogP contribution in [0.15, 0.2) is 24.3 Å². The third-order valence-corrected chi connectivity index (χ3v) is 4.86. The lowest BCUT2D eigenvalue weighted by atomic mass is 10.0. The lowest BCUT2D eigenvalue weighted by Crippen LogP contribution is -2.52. The third kappa shape index (κ3) is 5.30. The van der Waals surface area contributed by atoms with E-state index in [-0.39, 0.29) is 30.4 Å². The van der Waals surface area contributed by atoms with E-state index in [1.54, 1.807) is 0 Å². The highest BCUT2D eigenvalue weighted by Gasteiger charge is 2.43.